The Kier molecular flexibility index (Phi) is 8.02. The maximum atomic E-state index is 11.7. The van der Waals surface area contributed by atoms with E-state index in [1.807, 2.05) is 0 Å². The van der Waals surface area contributed by atoms with E-state index in [1.165, 1.54) is 0 Å². The van der Waals surface area contributed by atoms with Crippen LogP contribution in [0.5, 0.6) is 0 Å². The molecule has 0 unspecified atom stereocenters. The van der Waals surface area contributed by atoms with E-state index in [4.69, 9.17) is 0 Å². The molecule has 37 heteroatoms. The summed E-state index contributed by atoms with van der Waals surface area (Å²) in [5, 5.41) is 102. The second kappa shape index (κ2) is 11.6. The van der Waals surface area contributed by atoms with Gasteiger partial charge < -0.3 is 0 Å². The number of piperazine rings is 1. The highest BCUT2D eigenvalue weighted by molar-refractivity contribution is 5.76. The van der Waals surface area contributed by atoms with Crippen molar-refractivity contribution in [1.82, 2.24) is 30.1 Å². The van der Waals surface area contributed by atoms with Gasteiger partial charge in [0.25, 0.3) is 48.4 Å². The molecule has 268 valence electrons. The van der Waals surface area contributed by atoms with Crippen LogP contribution in [0.1, 0.15) is 0 Å². The number of nitro benzene ring substituents is 3. The lowest BCUT2D eigenvalue weighted by atomic mass is 10.2. The van der Waals surface area contributed by atoms with Gasteiger partial charge in [-0.1, -0.05) is 35.1 Å². The molecular weight excluding hydrogens is 714 g/mol. The first-order valence-electron chi connectivity index (χ1n) is 12.1. The normalized spacial score (nSPS) is 23.9. The van der Waals surface area contributed by atoms with E-state index < -0.39 is 110 Å². The van der Waals surface area contributed by atoms with E-state index in [0.29, 0.717) is 12.1 Å². The summed E-state index contributed by atoms with van der Waals surface area (Å²) >= 11 is 0. The summed E-state index contributed by atoms with van der Waals surface area (Å²) in [4.78, 5) is 109. The molecule has 5 fully saturated rings. The lowest BCUT2D eigenvalue weighted by Crippen LogP contribution is -2.77. The van der Waals surface area contributed by atoms with E-state index in [2.05, 4.69) is 0 Å². The molecule has 0 aliphatic carbocycles. The van der Waals surface area contributed by atoms with Gasteiger partial charge in [0, 0.05) is 0 Å². The summed E-state index contributed by atoms with van der Waals surface area (Å²) < 4.78 is 0. The molecule has 37 nitrogen and oxygen atoms in total. The predicted octanol–water partition coefficient (Wildman–Crippen LogP) is -3.00. The molecule has 0 N–H and O–H groups in total. The molecule has 5 saturated heterocycles. The van der Waals surface area contributed by atoms with Crippen molar-refractivity contribution in [2.24, 2.45) is 0 Å². The van der Waals surface area contributed by atoms with Crippen molar-refractivity contribution in [1.29, 1.82) is 0 Å². The maximum absolute atomic E-state index is 11.7. The Balaban J connectivity index is 0.000000246. The Bertz CT molecular complexity index is 1630. The van der Waals surface area contributed by atoms with E-state index in [9.17, 15) is 101 Å². The first-order valence-corrected chi connectivity index (χ1v) is 12.1. The van der Waals surface area contributed by atoms with Crippen molar-refractivity contribution in [3.63, 3.8) is 0 Å². The van der Waals surface area contributed by atoms with Gasteiger partial charge >= 0.3 is 11.4 Å². The van der Waals surface area contributed by atoms with Gasteiger partial charge in [0.1, 0.15) is 0 Å². The van der Waals surface area contributed by atoms with Crippen LogP contribution >= 0.6 is 0 Å². The van der Waals surface area contributed by atoms with Crippen molar-refractivity contribution in [3.05, 3.63) is 113 Å². The molecule has 1 aromatic carbocycles. The number of hydrogen-bond acceptors (Lipinski definition) is 20. The molecule has 5 aliphatic rings. The zero-order valence-corrected chi connectivity index (χ0v) is 23.4. The maximum Gasteiger partial charge on any atom is 0.312 e. The Hall–Kier alpha value is -8.18. The molecule has 50 heavy (non-hydrogen) atoms. The summed E-state index contributed by atoms with van der Waals surface area (Å²) in [7, 11) is 0.751. The van der Waals surface area contributed by atoms with Crippen LogP contribution in [0, 0.1) is 101 Å². The fraction of sp³-hybridized carbons (Fsp3) is 0.538. The van der Waals surface area contributed by atoms with Crippen molar-refractivity contribution in [2.75, 3.05) is 12.1 Å². The number of rotatable bonds is 11. The van der Waals surface area contributed by atoms with Crippen LogP contribution in [0.2, 0.25) is 0 Å². The number of nitrogens with zero attached hydrogens (tertiary/aromatic N) is 17. The van der Waals surface area contributed by atoms with E-state index in [0.717, 1.165) is 7.05 Å². The van der Waals surface area contributed by atoms with Gasteiger partial charge in [0.05, 0.1) is 34.0 Å². The summed E-state index contributed by atoms with van der Waals surface area (Å²) in [5.41, 5.74) is -4.07. The topological polar surface area (TPSA) is 454 Å². The summed E-state index contributed by atoms with van der Waals surface area (Å²) in [6, 6.07) is 0.838. The van der Waals surface area contributed by atoms with E-state index >= 15 is 0 Å². The van der Waals surface area contributed by atoms with Crippen LogP contribution in [0.25, 0.3) is 0 Å². The summed E-state index contributed by atoms with van der Waals surface area (Å²) in [5.74, 6) is 0. The number of anilines is 1. The first kappa shape index (κ1) is 34.7. The van der Waals surface area contributed by atoms with Gasteiger partial charge in [-0.05, 0) is 0 Å². The molecule has 0 spiro atoms. The Morgan fingerprint density at radius 2 is 0.660 bits per heavy atom. The zero-order valence-electron chi connectivity index (χ0n) is 23.4. The first-order chi connectivity index (χ1) is 23.1. The molecule has 6 bridgehead atoms. The van der Waals surface area contributed by atoms with Gasteiger partial charge in [0.15, 0.2) is 35.2 Å². The lowest BCUT2D eigenvalue weighted by Gasteiger charge is -2.39. The van der Waals surface area contributed by atoms with E-state index in [1.54, 1.807) is 0 Å². The summed E-state index contributed by atoms with van der Waals surface area (Å²) in [6.45, 7) is 0. The number of hydrazine groups is 7. The minimum atomic E-state index is -2.47. The van der Waals surface area contributed by atoms with Gasteiger partial charge in [-0.25, -0.2) is 70.8 Å². The van der Waals surface area contributed by atoms with Crippen LogP contribution < -0.4 is 5.01 Å². The molecule has 1 aromatic rings. The number of hydrogen-bond donors (Lipinski definition) is 0. The minimum Gasteiger partial charge on any atom is -0.258 e. The van der Waals surface area contributed by atoms with Crippen molar-refractivity contribution >= 4 is 22.7 Å². The molecule has 0 aromatic heterocycles. The van der Waals surface area contributed by atoms with Crippen LogP contribution in [-0.2, 0) is 0 Å². The quantitative estimate of drug-likeness (QED) is 0.162. The molecule has 0 atom stereocenters. The fourth-order valence-corrected chi connectivity index (χ4v) is 5.85. The third-order valence-corrected chi connectivity index (χ3v) is 7.41. The van der Waals surface area contributed by atoms with E-state index in [-0.39, 0.29) is 35.1 Å². The smallest absolute Gasteiger partial charge is 0.258 e. The fourth-order valence-electron chi connectivity index (χ4n) is 5.85. The average molecular weight is 725 g/mol. The van der Waals surface area contributed by atoms with Crippen LogP contribution in [0.4, 0.5) is 22.7 Å². The molecular formula is C13H11N17O20. The highest BCUT2D eigenvalue weighted by atomic mass is 16.7. The van der Waals surface area contributed by atoms with Gasteiger partial charge in [-0.15, -0.1) is 0 Å². The largest absolute Gasteiger partial charge is 0.312 e. The molecule has 0 radical (unpaired) electrons. The van der Waals surface area contributed by atoms with Crippen molar-refractivity contribution < 1.29 is 50.0 Å². The van der Waals surface area contributed by atoms with Crippen molar-refractivity contribution in [3.8, 4) is 0 Å². The molecule has 6 rings (SSSR count). The standard InChI is InChI=1S/C7H5N5O8.C6H6N12O12/c1-8(12(19)20)7-5(10(15)16)2-4(9(13)14)3-6(7)11(17)18;19-13(20)7-1-2-8(14(21)22)5(7)6-9(15(23)24)3(11(1)17(27)28)4(10(6)16(25)26)12(2)18(29)30/h2-3H,1H3;1-6H. The zero-order chi connectivity index (χ0) is 38.0. The minimum absolute atomic E-state index is 0.0555. The SMILES string of the molecule is CN(c1c([N+](=O)[O-])cc([N+](=O)[O-])cc1[N+](=O)[O-])[N+](=O)[O-].O=[N+]([O-])N1C2C3N([N+](=O)[O-])C1C1N([N+](=O)[O-])C(C(N1[N+](=O)[O-])N3[N+](=O)[O-])N2[N+](=O)[O-]. The Morgan fingerprint density at radius 3 is 0.800 bits per heavy atom. The molecule has 5 aliphatic heterocycles. The second-order valence-corrected chi connectivity index (χ2v) is 9.55. The van der Waals surface area contributed by atoms with Gasteiger partial charge in [-0.2, -0.15) is 0 Å². The molecule has 0 amide bonds. The Morgan fingerprint density at radius 1 is 0.440 bits per heavy atom. The van der Waals surface area contributed by atoms with Gasteiger partial charge in [0.2, 0.25) is 0 Å². The van der Waals surface area contributed by atoms with Crippen LogP contribution in [-0.4, -0.2) is 124 Å². The third kappa shape index (κ3) is 4.80. The molecule has 5 heterocycles. The third-order valence-electron chi connectivity index (χ3n) is 7.41. The number of non-ortho nitro benzene ring substituents is 1. The number of benzene rings is 1. The monoisotopic (exact) mass is 725 g/mol. The van der Waals surface area contributed by atoms with Crippen LogP contribution in [0.15, 0.2) is 12.1 Å². The second-order valence-electron chi connectivity index (χ2n) is 9.55. The van der Waals surface area contributed by atoms with Crippen molar-refractivity contribution in [2.45, 2.75) is 37.0 Å². The highest BCUT2D eigenvalue weighted by Crippen LogP contribution is 2.51. The molecule has 0 saturated carbocycles. The Labute approximate surface area is 266 Å². The lowest BCUT2D eigenvalue weighted by molar-refractivity contribution is -0.792. The van der Waals surface area contributed by atoms with Gasteiger partial charge in [-0.3, -0.25) is 30.3 Å². The van der Waals surface area contributed by atoms with Crippen LogP contribution in [0.3, 0.4) is 0 Å². The average Bonchev–Trinajstić information content (AvgIpc) is 3.45. The predicted molar refractivity (Wildman–Crippen MR) is 138 cm³/mol. The number of nitro groups is 10. The summed E-state index contributed by atoms with van der Waals surface area (Å²) in [6.07, 6.45) is -14.4. The highest BCUT2D eigenvalue weighted by Gasteiger charge is 2.89.